The minimum Gasteiger partial charge on any atom is -0.507 e. The highest BCUT2D eigenvalue weighted by atomic mass is 35.5. The molecule has 2 heterocycles. The molecule has 0 saturated heterocycles. The van der Waals surface area contributed by atoms with E-state index in [9.17, 15) is 22.7 Å². The fourth-order valence-corrected chi connectivity index (χ4v) is 2.65. The number of pyridine rings is 1. The maximum absolute atomic E-state index is 14.3. The summed E-state index contributed by atoms with van der Waals surface area (Å²) in [6.07, 6.45) is -2.50. The zero-order valence-electron chi connectivity index (χ0n) is 11.6. The van der Waals surface area contributed by atoms with Gasteiger partial charge in [-0.2, -0.15) is 18.4 Å². The number of hydrogen-bond donors (Lipinski definition) is 1. The van der Waals surface area contributed by atoms with Gasteiger partial charge < -0.3 is 5.11 Å². The zero-order chi connectivity index (χ0) is 17.6. The van der Waals surface area contributed by atoms with Gasteiger partial charge in [0.05, 0.1) is 10.6 Å². The Morgan fingerprint density at radius 1 is 1.25 bits per heavy atom. The number of phenolic OH excluding ortho intramolecular Hbond substituents is 1. The Balaban J connectivity index is 2.38. The summed E-state index contributed by atoms with van der Waals surface area (Å²) in [5.41, 5.74) is -1.98. The Kier molecular flexibility index (Phi) is 3.61. The highest BCUT2D eigenvalue weighted by Crippen LogP contribution is 2.40. The smallest absolute Gasteiger partial charge is 0.431 e. The van der Waals surface area contributed by atoms with Crippen LogP contribution in [0.5, 0.6) is 5.75 Å². The maximum atomic E-state index is 14.3. The quantitative estimate of drug-likeness (QED) is 0.658. The van der Waals surface area contributed by atoms with E-state index in [2.05, 4.69) is 4.98 Å². The predicted molar refractivity (Wildman–Crippen MR) is 77.0 cm³/mol. The molecule has 0 unspecified atom stereocenters. The van der Waals surface area contributed by atoms with Crippen LogP contribution in [0.2, 0.25) is 5.02 Å². The Morgan fingerprint density at radius 3 is 2.58 bits per heavy atom. The molecule has 1 N–H and O–H groups in total. The number of aromatic nitrogens is 2. The topological polar surface area (TPSA) is 61.3 Å². The van der Waals surface area contributed by atoms with Crippen molar-refractivity contribution in [3.8, 4) is 22.9 Å². The number of imidazole rings is 1. The number of hydrogen-bond acceptors (Lipinski definition) is 3. The van der Waals surface area contributed by atoms with Crippen molar-refractivity contribution in [3.05, 3.63) is 52.7 Å². The van der Waals surface area contributed by atoms with Gasteiger partial charge in [-0.25, -0.2) is 9.37 Å². The van der Waals surface area contributed by atoms with E-state index in [0.717, 1.165) is 28.9 Å². The molecule has 0 amide bonds. The molecule has 0 aliphatic carbocycles. The summed E-state index contributed by atoms with van der Waals surface area (Å²) in [7, 11) is 0. The molecule has 0 saturated carbocycles. The van der Waals surface area contributed by atoms with Gasteiger partial charge in [0, 0.05) is 23.5 Å². The predicted octanol–water partition coefficient (Wildman–Crippen LogP) is 4.39. The van der Waals surface area contributed by atoms with Crippen LogP contribution >= 0.6 is 11.6 Å². The van der Waals surface area contributed by atoms with Crippen LogP contribution in [0.3, 0.4) is 0 Å². The molecule has 0 radical (unpaired) electrons. The van der Waals surface area contributed by atoms with E-state index in [1.54, 1.807) is 6.07 Å². The van der Waals surface area contributed by atoms with Crippen molar-refractivity contribution >= 4 is 17.2 Å². The van der Waals surface area contributed by atoms with E-state index in [4.69, 9.17) is 16.9 Å². The molecule has 3 aromatic rings. The van der Waals surface area contributed by atoms with Crippen LogP contribution < -0.4 is 0 Å². The largest absolute Gasteiger partial charge is 0.507 e. The Hall–Kier alpha value is -2.79. The lowest BCUT2D eigenvalue weighted by Crippen LogP contribution is -2.12. The third-order valence-corrected chi connectivity index (χ3v) is 3.69. The third-order valence-electron chi connectivity index (χ3n) is 3.39. The molecular weight excluding hydrogens is 350 g/mol. The van der Waals surface area contributed by atoms with Gasteiger partial charge in [-0.3, -0.25) is 4.40 Å². The van der Waals surface area contributed by atoms with Crippen LogP contribution in [0, 0.1) is 17.1 Å². The third kappa shape index (κ3) is 2.43. The van der Waals surface area contributed by atoms with E-state index in [0.29, 0.717) is 6.07 Å². The van der Waals surface area contributed by atoms with Crippen molar-refractivity contribution in [1.29, 1.82) is 5.26 Å². The number of nitrogens with zero attached hydrogens (tertiary/aromatic N) is 3. The highest BCUT2D eigenvalue weighted by Gasteiger charge is 2.35. The minimum atomic E-state index is -4.69. The van der Waals surface area contributed by atoms with Crippen LogP contribution in [0.15, 0.2) is 30.6 Å². The van der Waals surface area contributed by atoms with E-state index in [-0.39, 0.29) is 27.4 Å². The average molecular weight is 356 g/mol. The second kappa shape index (κ2) is 5.39. The van der Waals surface area contributed by atoms with Crippen LogP contribution in [0.4, 0.5) is 17.6 Å². The lowest BCUT2D eigenvalue weighted by molar-refractivity contribution is -0.142. The number of phenols is 1. The van der Waals surface area contributed by atoms with E-state index < -0.39 is 23.4 Å². The van der Waals surface area contributed by atoms with Crippen molar-refractivity contribution in [2.45, 2.75) is 6.18 Å². The number of alkyl halides is 3. The summed E-state index contributed by atoms with van der Waals surface area (Å²) < 4.78 is 54.3. The minimum absolute atomic E-state index is 0.119. The molecule has 4 nitrogen and oxygen atoms in total. The molecule has 0 fully saturated rings. The van der Waals surface area contributed by atoms with Crippen molar-refractivity contribution in [2.75, 3.05) is 0 Å². The zero-order valence-corrected chi connectivity index (χ0v) is 12.3. The molecule has 0 bridgehead atoms. The Labute approximate surface area is 137 Å². The Bertz CT molecular complexity index is 1000. The van der Waals surface area contributed by atoms with Crippen LogP contribution in [-0.4, -0.2) is 14.5 Å². The molecule has 122 valence electrons. The molecule has 2 aromatic heterocycles. The van der Waals surface area contributed by atoms with Gasteiger partial charge in [-0.05, 0) is 18.2 Å². The van der Waals surface area contributed by atoms with Gasteiger partial charge in [0.15, 0.2) is 0 Å². The van der Waals surface area contributed by atoms with Crippen LogP contribution in [0.1, 0.15) is 11.3 Å². The molecule has 1 aromatic carbocycles. The molecule has 0 aliphatic heterocycles. The first-order valence-corrected chi connectivity index (χ1v) is 6.77. The SMILES string of the molecule is N#Cc1cc(F)c(-c2c(Cl)cc(C(F)(F)F)n3ccnc23)cc1O. The number of halogens is 5. The number of benzene rings is 1. The fraction of sp³-hybridized carbons (Fsp3) is 0.0667. The van der Waals surface area contributed by atoms with Crippen molar-refractivity contribution in [3.63, 3.8) is 0 Å². The Morgan fingerprint density at radius 2 is 1.96 bits per heavy atom. The van der Waals surface area contributed by atoms with Gasteiger partial charge >= 0.3 is 6.18 Å². The molecule has 0 spiro atoms. The van der Waals surface area contributed by atoms with Gasteiger partial charge in [-0.15, -0.1) is 0 Å². The summed E-state index contributed by atoms with van der Waals surface area (Å²) in [6, 6.07) is 3.95. The van der Waals surface area contributed by atoms with E-state index >= 15 is 0 Å². The first kappa shape index (κ1) is 16.1. The number of rotatable bonds is 1. The first-order valence-electron chi connectivity index (χ1n) is 6.39. The molecule has 3 rings (SSSR count). The summed E-state index contributed by atoms with van der Waals surface area (Å²) in [5.74, 6) is -1.44. The summed E-state index contributed by atoms with van der Waals surface area (Å²) in [4.78, 5) is 3.81. The number of nitriles is 1. The molecule has 24 heavy (non-hydrogen) atoms. The highest BCUT2D eigenvalue weighted by molar-refractivity contribution is 6.34. The van der Waals surface area contributed by atoms with Crippen molar-refractivity contribution in [2.24, 2.45) is 0 Å². The second-order valence-corrected chi connectivity index (χ2v) is 5.24. The molecule has 0 atom stereocenters. The van der Waals surface area contributed by atoms with Crippen molar-refractivity contribution in [1.82, 2.24) is 9.38 Å². The van der Waals surface area contributed by atoms with Crippen molar-refractivity contribution < 1.29 is 22.7 Å². The normalized spacial score (nSPS) is 11.7. The number of aromatic hydroxyl groups is 1. The van der Waals surface area contributed by atoms with E-state index in [1.165, 1.54) is 0 Å². The van der Waals surface area contributed by atoms with Crippen LogP contribution in [0.25, 0.3) is 16.8 Å². The number of fused-ring (bicyclic) bond motifs is 1. The summed E-state index contributed by atoms with van der Waals surface area (Å²) >= 11 is 5.94. The van der Waals surface area contributed by atoms with Gasteiger partial charge in [0.25, 0.3) is 0 Å². The second-order valence-electron chi connectivity index (χ2n) is 4.83. The molecular formula is C15H6ClF4N3O. The van der Waals surface area contributed by atoms with Gasteiger partial charge in [0.2, 0.25) is 0 Å². The van der Waals surface area contributed by atoms with E-state index in [1.807, 2.05) is 0 Å². The first-order chi connectivity index (χ1) is 11.2. The van der Waals surface area contributed by atoms with Gasteiger partial charge in [0.1, 0.15) is 29.0 Å². The molecule has 0 aliphatic rings. The average Bonchev–Trinajstić information content (AvgIpc) is 2.96. The lowest BCUT2D eigenvalue weighted by Gasteiger charge is -2.14. The van der Waals surface area contributed by atoms with Gasteiger partial charge in [-0.1, -0.05) is 11.6 Å². The summed E-state index contributed by atoms with van der Waals surface area (Å²) in [5, 5.41) is 18.1. The van der Waals surface area contributed by atoms with Crippen LogP contribution in [-0.2, 0) is 6.18 Å². The monoisotopic (exact) mass is 355 g/mol. The fourth-order valence-electron chi connectivity index (χ4n) is 2.36. The standard InChI is InChI=1S/C15H6ClF4N3O/c16-9-5-12(15(18,19)20)23-2-1-22-14(23)13(9)8-4-11(24)7(6-21)3-10(8)17/h1-5,24H. The molecule has 9 heteroatoms. The maximum Gasteiger partial charge on any atom is 0.431 e. The lowest BCUT2D eigenvalue weighted by atomic mass is 10.0. The summed E-state index contributed by atoms with van der Waals surface area (Å²) in [6.45, 7) is 0.